The Morgan fingerprint density at radius 2 is 1.40 bits per heavy atom. The van der Waals surface area contributed by atoms with Gasteiger partial charge in [-0.25, -0.2) is 0 Å². The molecule has 0 aromatic rings. The van der Waals surface area contributed by atoms with Gasteiger partial charge < -0.3 is 18.7 Å². The topological polar surface area (TPSA) is 54.0 Å². The minimum absolute atomic E-state index is 0.0996. The van der Waals surface area contributed by atoms with Crippen molar-refractivity contribution in [1.29, 1.82) is 0 Å². The molecule has 0 aromatic heterocycles. The predicted octanol–water partition coefficient (Wildman–Crippen LogP) is 2.27. The number of hydrogen-bond acceptors (Lipinski definition) is 5. The molecule has 0 spiro atoms. The van der Waals surface area contributed by atoms with E-state index in [9.17, 15) is 4.57 Å². The van der Waals surface area contributed by atoms with Crippen molar-refractivity contribution >= 4 is 28.6 Å². The molecule has 0 aliphatic rings. The Hall–Kier alpha value is 0.650. The van der Waals surface area contributed by atoms with Crippen molar-refractivity contribution in [1.82, 2.24) is 0 Å². The lowest BCUT2D eigenvalue weighted by Gasteiger charge is -2.06. The molecule has 0 aliphatic heterocycles. The minimum atomic E-state index is -3.42. The lowest BCUT2D eigenvalue weighted by atomic mass is 10.7. The van der Waals surface area contributed by atoms with E-state index in [2.05, 4.69) is 4.52 Å². The molecule has 0 radical (unpaired) electrons. The molecule has 15 heavy (non-hydrogen) atoms. The van der Waals surface area contributed by atoms with Crippen LogP contribution in [0.2, 0.25) is 0 Å². The van der Waals surface area contributed by atoms with E-state index < -0.39 is 6.07 Å². The molecule has 92 valence electrons. The average molecular weight is 281 g/mol. The predicted molar refractivity (Wildman–Crippen MR) is 58.8 cm³/mol. The first-order valence-corrected chi connectivity index (χ1v) is 7.78. The lowest BCUT2D eigenvalue weighted by molar-refractivity contribution is 0.0186. The Morgan fingerprint density at radius 3 is 1.87 bits per heavy atom. The van der Waals surface area contributed by atoms with Crippen molar-refractivity contribution < 1.29 is 23.3 Å². The first kappa shape index (κ1) is 15.7. The second kappa shape index (κ2) is 9.85. The highest BCUT2D eigenvalue weighted by Gasteiger charge is 2.12. The highest BCUT2D eigenvalue weighted by molar-refractivity contribution is 8.05. The molecule has 0 saturated heterocycles. The molecule has 5 nitrogen and oxygen atoms in total. The number of ether oxygens (including phenoxy) is 3. The average Bonchev–Trinajstić information content (AvgIpc) is 2.14. The van der Waals surface area contributed by atoms with E-state index in [1.165, 1.54) is 0 Å². The van der Waals surface area contributed by atoms with Gasteiger partial charge in [-0.05, 0) is 22.5 Å². The summed E-state index contributed by atoms with van der Waals surface area (Å²) in [4.78, 5) is 0. The summed E-state index contributed by atoms with van der Waals surface area (Å²) in [6, 6.07) is 0. The van der Waals surface area contributed by atoms with Gasteiger partial charge in [0.1, 0.15) is 0 Å². The molecule has 0 unspecified atom stereocenters. The Bertz CT molecular complexity index is 186. The zero-order valence-electron chi connectivity index (χ0n) is 8.49. The summed E-state index contributed by atoms with van der Waals surface area (Å²) < 4.78 is 30.2. The largest absolute Gasteiger partial charge is 0.382 e. The summed E-state index contributed by atoms with van der Waals surface area (Å²) in [5.74, 6) is 0. The Morgan fingerprint density at radius 1 is 0.933 bits per heavy atom. The van der Waals surface area contributed by atoms with E-state index in [0.29, 0.717) is 26.4 Å². The third-order valence-corrected chi connectivity index (χ3v) is 2.34. The van der Waals surface area contributed by atoms with Crippen molar-refractivity contribution in [3.8, 4) is 0 Å². The maximum absolute atomic E-state index is 10.6. The van der Waals surface area contributed by atoms with Crippen LogP contribution in [-0.4, -0.2) is 46.8 Å². The maximum Gasteiger partial charge on any atom is 0.380 e. The van der Waals surface area contributed by atoms with Crippen LogP contribution in [0.1, 0.15) is 0 Å². The zero-order valence-corrected chi connectivity index (χ0v) is 10.9. The van der Waals surface area contributed by atoms with Gasteiger partial charge in [0.15, 0.2) is 0 Å². The van der Waals surface area contributed by atoms with E-state index in [-0.39, 0.29) is 13.2 Å². The monoisotopic (exact) mass is 280 g/mol. The fraction of sp³-hybridized carbons (Fsp3) is 1.00. The van der Waals surface area contributed by atoms with Crippen LogP contribution in [0.25, 0.3) is 0 Å². The summed E-state index contributed by atoms with van der Waals surface area (Å²) in [5.41, 5.74) is 0. The molecule has 0 aromatic carbocycles. The molecule has 0 atom stereocenters. The lowest BCUT2D eigenvalue weighted by Crippen LogP contribution is -2.10. The van der Waals surface area contributed by atoms with Crippen LogP contribution < -0.4 is 0 Å². The van der Waals surface area contributed by atoms with E-state index in [0.717, 1.165) is 0 Å². The molecule has 0 aliphatic carbocycles. The van der Waals surface area contributed by atoms with Gasteiger partial charge in [0.2, 0.25) is 0 Å². The summed E-state index contributed by atoms with van der Waals surface area (Å²) in [6.07, 6.45) is -3.42. The minimum Gasteiger partial charge on any atom is -0.382 e. The van der Waals surface area contributed by atoms with Crippen LogP contribution >= 0.6 is 28.6 Å². The quantitative estimate of drug-likeness (QED) is 0.454. The van der Waals surface area contributed by atoms with Crippen LogP contribution in [0.5, 0.6) is 0 Å². The summed E-state index contributed by atoms with van der Waals surface area (Å²) in [6.45, 7) is 2.38. The number of hydrogen-bond donors (Lipinski definition) is 0. The summed E-state index contributed by atoms with van der Waals surface area (Å²) in [5, 5.41) is 0. The maximum atomic E-state index is 10.6. The highest BCUT2D eigenvalue weighted by atomic mass is 35.9. The first-order valence-electron chi connectivity index (χ1n) is 4.34. The van der Waals surface area contributed by atoms with E-state index in [4.69, 9.17) is 36.7 Å². The number of rotatable bonds is 10. The van der Waals surface area contributed by atoms with Crippen molar-refractivity contribution in [3.05, 3.63) is 0 Å². The van der Waals surface area contributed by atoms with Gasteiger partial charge in [-0.1, -0.05) is 0 Å². The second-order valence-corrected chi connectivity index (χ2v) is 6.74. The molecule has 0 heterocycles. The SMILES string of the molecule is COCCOCCOCCOP(=O)(Cl)Cl. The molecule has 0 bridgehead atoms. The third kappa shape index (κ3) is 14.7. The van der Waals surface area contributed by atoms with Gasteiger partial charge in [0, 0.05) is 7.11 Å². The van der Waals surface area contributed by atoms with Crippen LogP contribution in [0.3, 0.4) is 0 Å². The smallest absolute Gasteiger partial charge is 0.380 e. The van der Waals surface area contributed by atoms with Gasteiger partial charge in [-0.15, -0.1) is 0 Å². The summed E-state index contributed by atoms with van der Waals surface area (Å²) in [7, 11) is 1.60. The third-order valence-electron chi connectivity index (χ3n) is 1.27. The molecule has 8 heteroatoms. The van der Waals surface area contributed by atoms with Crippen LogP contribution in [0, 0.1) is 0 Å². The van der Waals surface area contributed by atoms with Crippen LogP contribution in [0.4, 0.5) is 0 Å². The number of methoxy groups -OCH3 is 1. The van der Waals surface area contributed by atoms with Gasteiger partial charge in [0.25, 0.3) is 0 Å². The summed E-state index contributed by atoms with van der Waals surface area (Å²) >= 11 is 10.3. The van der Waals surface area contributed by atoms with E-state index >= 15 is 0 Å². The van der Waals surface area contributed by atoms with E-state index in [1.807, 2.05) is 0 Å². The molecule has 0 amide bonds. The Balaban J connectivity index is 3.02. The van der Waals surface area contributed by atoms with Gasteiger partial charge in [0.05, 0.1) is 39.6 Å². The first-order chi connectivity index (χ1) is 7.06. The fourth-order valence-corrected chi connectivity index (χ4v) is 1.37. The molecule has 0 rings (SSSR count). The van der Waals surface area contributed by atoms with Gasteiger partial charge in [-0.3, -0.25) is 4.57 Å². The van der Waals surface area contributed by atoms with E-state index in [1.54, 1.807) is 7.11 Å². The molecule has 0 fully saturated rings. The van der Waals surface area contributed by atoms with Crippen molar-refractivity contribution in [2.75, 3.05) is 46.8 Å². The van der Waals surface area contributed by atoms with Gasteiger partial charge in [-0.2, -0.15) is 0 Å². The Kier molecular flexibility index (Phi) is 10.3. The van der Waals surface area contributed by atoms with Gasteiger partial charge >= 0.3 is 6.07 Å². The molecule has 0 N–H and O–H groups in total. The normalized spacial score (nSPS) is 11.9. The standard InChI is InChI=1S/C7H15Cl2O5P/c1-11-2-3-12-4-5-13-6-7-14-15(8,9)10/h2-7H2,1H3. The second-order valence-electron chi connectivity index (χ2n) is 2.47. The Labute approximate surface area is 99.0 Å². The molecular formula is C7H15Cl2O5P. The van der Waals surface area contributed by atoms with Crippen molar-refractivity contribution in [3.63, 3.8) is 0 Å². The zero-order chi connectivity index (χ0) is 11.6. The van der Waals surface area contributed by atoms with Crippen molar-refractivity contribution in [2.24, 2.45) is 0 Å². The molecular weight excluding hydrogens is 266 g/mol. The van der Waals surface area contributed by atoms with Crippen LogP contribution in [0.15, 0.2) is 0 Å². The van der Waals surface area contributed by atoms with Crippen LogP contribution in [-0.2, 0) is 23.3 Å². The molecule has 0 saturated carbocycles. The highest BCUT2D eigenvalue weighted by Crippen LogP contribution is 2.57. The van der Waals surface area contributed by atoms with Crippen molar-refractivity contribution in [2.45, 2.75) is 0 Å². The number of halogens is 2. The fourth-order valence-electron chi connectivity index (χ4n) is 0.667.